The van der Waals surface area contributed by atoms with Gasteiger partial charge in [0.25, 0.3) is 0 Å². The van der Waals surface area contributed by atoms with Gasteiger partial charge in [-0.05, 0) is 30.2 Å². The van der Waals surface area contributed by atoms with Gasteiger partial charge in [-0.1, -0.05) is 6.92 Å². The Balaban J connectivity index is 2.16. The van der Waals surface area contributed by atoms with E-state index in [1.807, 2.05) is 0 Å². The molecule has 0 aliphatic carbocycles. The van der Waals surface area contributed by atoms with E-state index in [0.717, 1.165) is 18.2 Å². The summed E-state index contributed by atoms with van der Waals surface area (Å²) in [5, 5.41) is 21.3. The van der Waals surface area contributed by atoms with Crippen molar-refractivity contribution in [1.29, 1.82) is 0 Å². The van der Waals surface area contributed by atoms with Gasteiger partial charge in [0.2, 0.25) is 6.10 Å². The number of hydrogen-bond donors (Lipinski definition) is 0. The van der Waals surface area contributed by atoms with E-state index in [-0.39, 0.29) is 43.1 Å². The van der Waals surface area contributed by atoms with E-state index in [2.05, 4.69) is 9.57 Å². The first-order valence-corrected chi connectivity index (χ1v) is 9.66. The molecule has 192 valence electrons. The highest BCUT2D eigenvalue weighted by atomic mass is 19.4. The van der Waals surface area contributed by atoms with Crippen molar-refractivity contribution in [2.75, 3.05) is 33.5 Å². The Labute approximate surface area is 189 Å². The average molecular weight is 504 g/mol. The number of ether oxygens (including phenoxy) is 4. The highest BCUT2D eigenvalue weighted by molar-refractivity contribution is 5.96. The predicted molar refractivity (Wildman–Crippen MR) is 102 cm³/mol. The molecule has 2 rings (SSSR count). The quantitative estimate of drug-likeness (QED) is 0.156. The number of fused-ring (bicyclic) bond motifs is 1. The Bertz CT molecular complexity index is 894. The summed E-state index contributed by atoms with van der Waals surface area (Å²) in [5.41, 5.74) is -1.20. The van der Waals surface area contributed by atoms with Gasteiger partial charge in [0, 0.05) is 5.56 Å². The number of hydrogen-bond acceptors (Lipinski definition) is 8. The van der Waals surface area contributed by atoms with Crippen LogP contribution in [0.4, 0.5) is 26.3 Å². The minimum absolute atomic E-state index is 0.0103. The van der Waals surface area contributed by atoms with Gasteiger partial charge < -0.3 is 29.4 Å². The maximum atomic E-state index is 13.6. The van der Waals surface area contributed by atoms with Crippen LogP contribution in [0.25, 0.3) is 6.08 Å². The SMILES string of the molecule is CCc1cc(OC(F)(F)F)cc2c1O[C@H](C(F)(F)F)C(C(=O)OCCOCCO[N+](C)([O-])[O-])=C2. The van der Waals surface area contributed by atoms with E-state index in [4.69, 9.17) is 14.2 Å². The number of benzene rings is 1. The summed E-state index contributed by atoms with van der Waals surface area (Å²) < 4.78 is 97.0. The van der Waals surface area contributed by atoms with E-state index >= 15 is 0 Å². The van der Waals surface area contributed by atoms with Gasteiger partial charge in [0.05, 0.1) is 25.8 Å². The third-order valence-electron chi connectivity index (χ3n) is 4.16. The largest absolute Gasteiger partial charge is 0.598 e. The fourth-order valence-electron chi connectivity index (χ4n) is 2.86. The molecule has 0 N–H and O–H groups in total. The lowest BCUT2D eigenvalue weighted by Gasteiger charge is -2.38. The Kier molecular flexibility index (Phi) is 8.76. The number of carbonyl (C=O) groups is 1. The van der Waals surface area contributed by atoms with Gasteiger partial charge in [-0.2, -0.15) is 18.0 Å². The third kappa shape index (κ3) is 8.32. The van der Waals surface area contributed by atoms with Crippen LogP contribution in [-0.2, 0) is 25.5 Å². The summed E-state index contributed by atoms with van der Waals surface area (Å²) in [7, 11) is 0.679. The first-order valence-electron chi connectivity index (χ1n) is 9.66. The molecular formula is C19H20F6NO8-. The van der Waals surface area contributed by atoms with Crippen LogP contribution in [0, 0.1) is 10.4 Å². The second-order valence-corrected chi connectivity index (χ2v) is 6.89. The van der Waals surface area contributed by atoms with E-state index in [1.165, 1.54) is 6.92 Å². The smallest absolute Gasteiger partial charge is 0.573 e. The fraction of sp³-hybridized carbons (Fsp3) is 0.526. The number of hydroxylamine groups is 3. The van der Waals surface area contributed by atoms with Gasteiger partial charge in [-0.3, -0.25) is 0 Å². The molecule has 34 heavy (non-hydrogen) atoms. The number of alkyl halides is 6. The summed E-state index contributed by atoms with van der Waals surface area (Å²) >= 11 is 0. The summed E-state index contributed by atoms with van der Waals surface area (Å²) in [6.45, 7) is 0.0615. The highest BCUT2D eigenvalue weighted by Gasteiger charge is 2.49. The molecule has 0 amide bonds. The van der Waals surface area contributed by atoms with Crippen LogP contribution in [0.15, 0.2) is 17.7 Å². The monoisotopic (exact) mass is 504 g/mol. The summed E-state index contributed by atoms with van der Waals surface area (Å²) in [5.74, 6) is -2.46. The second kappa shape index (κ2) is 10.8. The molecule has 1 aliphatic rings. The van der Waals surface area contributed by atoms with Crippen molar-refractivity contribution < 1.29 is 59.9 Å². The van der Waals surface area contributed by atoms with Gasteiger partial charge >= 0.3 is 18.5 Å². The van der Waals surface area contributed by atoms with Crippen LogP contribution < -0.4 is 9.47 Å². The van der Waals surface area contributed by atoms with Crippen LogP contribution in [0.1, 0.15) is 18.1 Å². The molecule has 1 aliphatic heterocycles. The van der Waals surface area contributed by atoms with Crippen molar-refractivity contribution in [3.63, 3.8) is 0 Å². The third-order valence-corrected chi connectivity index (χ3v) is 4.16. The molecular weight excluding hydrogens is 484 g/mol. The van der Waals surface area contributed by atoms with E-state index in [0.29, 0.717) is 7.05 Å². The normalized spacial score (nSPS) is 16.4. The lowest BCUT2D eigenvalue weighted by Crippen LogP contribution is -2.41. The molecule has 1 heterocycles. The highest BCUT2D eigenvalue weighted by Crippen LogP contribution is 2.42. The van der Waals surface area contributed by atoms with Crippen molar-refractivity contribution in [1.82, 2.24) is 0 Å². The van der Waals surface area contributed by atoms with Gasteiger partial charge in [-0.25, -0.2) is 9.77 Å². The summed E-state index contributed by atoms with van der Waals surface area (Å²) in [4.78, 5) is 14.3. The Hall–Kier alpha value is -2.59. The van der Waals surface area contributed by atoms with Crippen molar-refractivity contribution >= 4 is 12.0 Å². The van der Waals surface area contributed by atoms with Crippen LogP contribution >= 0.6 is 0 Å². The number of carbonyl (C=O) groups excluding carboxylic acids is 1. The van der Waals surface area contributed by atoms with Gasteiger partial charge in [0.1, 0.15) is 24.7 Å². The molecule has 0 spiro atoms. The molecule has 0 radical (unpaired) electrons. The molecule has 1 aromatic carbocycles. The Morgan fingerprint density at radius 1 is 1.09 bits per heavy atom. The molecule has 1 atom stereocenters. The minimum Gasteiger partial charge on any atom is -0.598 e. The summed E-state index contributed by atoms with van der Waals surface area (Å²) in [6, 6.07) is 1.70. The molecule has 9 nitrogen and oxygen atoms in total. The van der Waals surface area contributed by atoms with Crippen LogP contribution in [-0.4, -0.2) is 63.1 Å². The maximum absolute atomic E-state index is 13.6. The van der Waals surface area contributed by atoms with E-state index in [1.54, 1.807) is 0 Å². The van der Waals surface area contributed by atoms with Crippen LogP contribution in [0.2, 0.25) is 0 Å². The lowest BCUT2D eigenvalue weighted by molar-refractivity contribution is -1.01. The first-order chi connectivity index (χ1) is 15.6. The Morgan fingerprint density at radius 3 is 2.29 bits per heavy atom. The molecule has 0 saturated heterocycles. The van der Waals surface area contributed by atoms with Crippen LogP contribution in [0.3, 0.4) is 0 Å². The van der Waals surface area contributed by atoms with Gasteiger partial charge in [0.15, 0.2) is 0 Å². The standard InChI is InChI=1S/C19H20F6NO8/c1-3-11-8-13(34-19(23,24)25)9-12-10-14(16(18(20,21)22)33-15(11)12)17(27)31-6-4-30-5-7-32-26(2,28)29/h8-10,16H,3-7H2,1-2H3/q-1/t16-/m0/s1. The average Bonchev–Trinajstić information content (AvgIpc) is 2.68. The summed E-state index contributed by atoms with van der Waals surface area (Å²) in [6.07, 6.45) is -12.0. The fourth-order valence-corrected chi connectivity index (χ4v) is 2.86. The van der Waals surface area contributed by atoms with Crippen LogP contribution in [0.5, 0.6) is 11.5 Å². The zero-order valence-electron chi connectivity index (χ0n) is 17.8. The zero-order valence-corrected chi connectivity index (χ0v) is 17.8. The number of aryl methyl sites for hydroxylation is 1. The molecule has 15 heteroatoms. The number of esters is 1. The number of halogens is 6. The van der Waals surface area contributed by atoms with Crippen molar-refractivity contribution in [2.45, 2.75) is 32.0 Å². The second-order valence-electron chi connectivity index (χ2n) is 6.89. The number of quaternary nitrogens is 1. The lowest BCUT2D eigenvalue weighted by atomic mass is 9.97. The van der Waals surface area contributed by atoms with Crippen molar-refractivity contribution in [3.05, 3.63) is 39.2 Å². The minimum atomic E-state index is -5.04. The maximum Gasteiger partial charge on any atom is 0.573 e. The number of rotatable bonds is 10. The molecule has 1 aromatic rings. The molecule has 0 unspecified atom stereocenters. The zero-order chi connectivity index (χ0) is 25.7. The predicted octanol–water partition coefficient (Wildman–Crippen LogP) is 3.79. The van der Waals surface area contributed by atoms with Crippen molar-refractivity contribution in [2.24, 2.45) is 0 Å². The van der Waals surface area contributed by atoms with Gasteiger partial charge in [-0.15, -0.1) is 13.2 Å². The molecule has 0 aromatic heterocycles. The molecule has 0 fully saturated rings. The number of nitrogens with zero attached hydrogens (tertiary/aromatic N) is 1. The van der Waals surface area contributed by atoms with E-state index < -0.39 is 47.5 Å². The molecule has 0 saturated carbocycles. The Morgan fingerprint density at radius 2 is 1.74 bits per heavy atom. The van der Waals surface area contributed by atoms with Crippen molar-refractivity contribution in [3.8, 4) is 11.5 Å². The molecule has 0 bridgehead atoms. The van der Waals surface area contributed by atoms with E-state index in [9.17, 15) is 41.6 Å². The first kappa shape index (κ1) is 27.7. The topological polar surface area (TPSA) is 109 Å².